The van der Waals surface area contributed by atoms with Crippen molar-refractivity contribution in [1.29, 1.82) is 0 Å². The summed E-state index contributed by atoms with van der Waals surface area (Å²) in [7, 11) is 0. The van der Waals surface area contributed by atoms with Crippen LogP contribution in [0, 0.1) is 16.7 Å². The molecule has 1 aromatic carbocycles. The highest BCUT2D eigenvalue weighted by atomic mass is 16.3. The fraction of sp³-hybridized carbons (Fsp3) is 0.421. The first-order valence-corrected chi connectivity index (χ1v) is 7.61. The van der Waals surface area contributed by atoms with Crippen LogP contribution < -0.4 is 0 Å². The Hall–Kier alpha value is -2.12. The molecule has 3 rings (SSSR count). The van der Waals surface area contributed by atoms with Crippen molar-refractivity contribution in [3.8, 4) is 5.75 Å². The average molecular weight is 296 g/mol. The molecule has 0 heterocycles. The van der Waals surface area contributed by atoms with Crippen LogP contribution in [0.5, 0.6) is 5.75 Å². The van der Waals surface area contributed by atoms with Crippen molar-refractivity contribution in [3.63, 3.8) is 0 Å². The van der Waals surface area contributed by atoms with Gasteiger partial charge in [0.15, 0.2) is 6.29 Å². The number of hydrogen-bond donors (Lipinski definition) is 1. The second-order valence-electron chi connectivity index (χ2n) is 7.16. The maximum absolute atomic E-state index is 11.6. The quantitative estimate of drug-likeness (QED) is 0.667. The van der Waals surface area contributed by atoms with Crippen LogP contribution in [-0.2, 0) is 4.79 Å². The van der Waals surface area contributed by atoms with Crippen molar-refractivity contribution in [3.05, 3.63) is 40.5 Å². The zero-order valence-electron chi connectivity index (χ0n) is 13.1. The molecule has 2 saturated carbocycles. The molecule has 0 amide bonds. The molecule has 0 aromatic heterocycles. The normalized spacial score (nSPS) is 30.6. The number of hydrogen-bond acceptors (Lipinski definition) is 3. The first kappa shape index (κ1) is 14.8. The molecule has 0 saturated heterocycles. The van der Waals surface area contributed by atoms with Crippen molar-refractivity contribution >= 4 is 18.3 Å². The number of carbonyl (C=O) groups is 1. The number of carbonyl (C=O) groups excluding carboxylic acids is 2. The van der Waals surface area contributed by atoms with Crippen LogP contribution in [0.25, 0.3) is 6.08 Å². The number of phenols is 1. The van der Waals surface area contributed by atoms with E-state index in [0.717, 1.165) is 29.6 Å². The van der Waals surface area contributed by atoms with E-state index in [0.29, 0.717) is 12.2 Å². The summed E-state index contributed by atoms with van der Waals surface area (Å²) in [4.78, 5) is 22.5. The first-order valence-electron chi connectivity index (χ1n) is 7.61. The van der Waals surface area contributed by atoms with Crippen molar-refractivity contribution in [1.82, 2.24) is 0 Å². The largest absolute Gasteiger partial charge is 0.507 e. The third-order valence-electron chi connectivity index (χ3n) is 6.04. The third-order valence-corrected chi connectivity index (χ3v) is 6.04. The zero-order chi connectivity index (χ0) is 16.1. The molecule has 2 aliphatic carbocycles. The molecule has 1 N–H and O–H groups in total. The highest BCUT2D eigenvalue weighted by Crippen LogP contribution is 2.69. The molecule has 2 aliphatic rings. The topological polar surface area (TPSA) is 54.4 Å². The SMILES string of the molecule is CC12CCC(C(=Cc3ccc(O)c(C=O)c3)C1=C=O)C2(C)C. The molecule has 3 heteroatoms. The third kappa shape index (κ3) is 1.75. The number of aromatic hydroxyl groups is 1. The standard InChI is InChI=1S/C19H20O3/c1-18(2)15-6-7-19(18,3)16(11-21)14(15)9-12-4-5-17(22)13(8-12)10-20/h4-5,8-10,15,22H,6-7H2,1-3H3. The molecule has 2 bridgehead atoms. The highest BCUT2D eigenvalue weighted by Gasteiger charge is 2.62. The van der Waals surface area contributed by atoms with Crippen LogP contribution in [0.3, 0.4) is 0 Å². The number of aldehydes is 1. The second kappa shape index (κ2) is 4.69. The molecule has 114 valence electrons. The monoisotopic (exact) mass is 296 g/mol. The lowest BCUT2D eigenvalue weighted by Gasteiger charge is -2.33. The molecule has 2 unspecified atom stereocenters. The van der Waals surface area contributed by atoms with Gasteiger partial charge in [0.1, 0.15) is 11.7 Å². The van der Waals surface area contributed by atoms with Crippen LogP contribution in [0.4, 0.5) is 0 Å². The number of rotatable bonds is 2. The Morgan fingerprint density at radius 2 is 2.05 bits per heavy atom. The Bertz CT molecular complexity index is 735. The van der Waals surface area contributed by atoms with E-state index in [1.807, 2.05) is 6.08 Å². The maximum atomic E-state index is 11.6. The lowest BCUT2D eigenvalue weighted by atomic mass is 9.69. The Morgan fingerprint density at radius 1 is 1.32 bits per heavy atom. The second-order valence-corrected chi connectivity index (χ2v) is 7.16. The Balaban J connectivity index is 2.13. The fourth-order valence-corrected chi connectivity index (χ4v) is 4.27. The molecule has 22 heavy (non-hydrogen) atoms. The average Bonchev–Trinajstić information content (AvgIpc) is 2.80. The van der Waals surface area contributed by atoms with Gasteiger partial charge in [-0.2, -0.15) is 0 Å². The Labute approximate surface area is 130 Å². The predicted octanol–water partition coefficient (Wildman–Crippen LogP) is 3.80. The molecule has 3 nitrogen and oxygen atoms in total. The van der Waals surface area contributed by atoms with Crippen LogP contribution in [0.15, 0.2) is 29.3 Å². The summed E-state index contributed by atoms with van der Waals surface area (Å²) in [6.45, 7) is 6.59. The summed E-state index contributed by atoms with van der Waals surface area (Å²) < 4.78 is 0. The van der Waals surface area contributed by atoms with Gasteiger partial charge in [-0.3, -0.25) is 4.79 Å². The van der Waals surface area contributed by atoms with Gasteiger partial charge in [-0.15, -0.1) is 0 Å². The van der Waals surface area contributed by atoms with E-state index in [9.17, 15) is 14.7 Å². The van der Waals surface area contributed by atoms with Gasteiger partial charge in [-0.25, -0.2) is 4.79 Å². The molecule has 0 spiro atoms. The summed E-state index contributed by atoms with van der Waals surface area (Å²) >= 11 is 0. The minimum absolute atomic E-state index is 0.0245. The number of benzene rings is 1. The maximum Gasteiger partial charge on any atom is 0.153 e. The Morgan fingerprint density at radius 3 is 2.68 bits per heavy atom. The van der Waals surface area contributed by atoms with Crippen molar-refractivity contribution in [2.24, 2.45) is 16.7 Å². The molecular weight excluding hydrogens is 276 g/mol. The van der Waals surface area contributed by atoms with Gasteiger partial charge in [0.25, 0.3) is 0 Å². The fourth-order valence-electron chi connectivity index (χ4n) is 4.27. The lowest BCUT2D eigenvalue weighted by Crippen LogP contribution is -2.28. The van der Waals surface area contributed by atoms with Gasteiger partial charge >= 0.3 is 0 Å². The van der Waals surface area contributed by atoms with Crippen LogP contribution in [0.1, 0.15) is 49.5 Å². The summed E-state index contributed by atoms with van der Waals surface area (Å²) in [5.74, 6) is 2.49. The Kier molecular flexibility index (Phi) is 3.15. The van der Waals surface area contributed by atoms with Gasteiger partial charge in [0.05, 0.1) is 5.56 Å². The number of phenolic OH excluding ortho intramolecular Hbond substituents is 1. The van der Waals surface area contributed by atoms with Crippen LogP contribution in [0.2, 0.25) is 0 Å². The van der Waals surface area contributed by atoms with Gasteiger partial charge in [-0.1, -0.05) is 32.9 Å². The predicted molar refractivity (Wildman–Crippen MR) is 85.3 cm³/mol. The highest BCUT2D eigenvalue weighted by molar-refractivity contribution is 5.82. The minimum atomic E-state index is -0.129. The van der Waals surface area contributed by atoms with E-state index >= 15 is 0 Å². The van der Waals surface area contributed by atoms with Crippen molar-refractivity contribution in [2.45, 2.75) is 33.6 Å². The summed E-state index contributed by atoms with van der Waals surface area (Å²) in [6.07, 6.45) is 4.70. The van der Waals surface area contributed by atoms with Crippen molar-refractivity contribution in [2.75, 3.05) is 0 Å². The van der Waals surface area contributed by atoms with E-state index in [4.69, 9.17) is 0 Å². The number of allylic oxidation sites excluding steroid dienone is 2. The molecule has 0 aliphatic heterocycles. The van der Waals surface area contributed by atoms with Gasteiger partial charge < -0.3 is 5.11 Å². The summed E-state index contributed by atoms with van der Waals surface area (Å²) in [6, 6.07) is 4.93. The van der Waals surface area contributed by atoms with E-state index in [-0.39, 0.29) is 22.1 Å². The zero-order valence-corrected chi connectivity index (χ0v) is 13.1. The van der Waals surface area contributed by atoms with Gasteiger partial charge in [-0.05, 0) is 47.4 Å². The van der Waals surface area contributed by atoms with E-state index < -0.39 is 0 Å². The summed E-state index contributed by atoms with van der Waals surface area (Å²) in [5.41, 5.74) is 2.81. The molecule has 2 atom stereocenters. The van der Waals surface area contributed by atoms with Gasteiger partial charge in [0, 0.05) is 11.0 Å². The minimum Gasteiger partial charge on any atom is -0.507 e. The first-order chi connectivity index (χ1) is 10.3. The summed E-state index contributed by atoms with van der Waals surface area (Å²) in [5, 5.41) is 9.60. The molecule has 0 radical (unpaired) electrons. The van der Waals surface area contributed by atoms with Crippen molar-refractivity contribution < 1.29 is 14.7 Å². The van der Waals surface area contributed by atoms with Crippen LogP contribution >= 0.6 is 0 Å². The van der Waals surface area contributed by atoms with E-state index in [1.165, 1.54) is 6.07 Å². The molecule has 2 fully saturated rings. The van der Waals surface area contributed by atoms with Gasteiger partial charge in [0.2, 0.25) is 0 Å². The van der Waals surface area contributed by atoms with E-state index in [1.54, 1.807) is 12.1 Å². The van der Waals surface area contributed by atoms with Crippen LogP contribution in [-0.4, -0.2) is 17.3 Å². The molecule has 1 aromatic rings. The van der Waals surface area contributed by atoms with E-state index in [2.05, 4.69) is 26.7 Å². The number of fused-ring (bicyclic) bond motifs is 2. The smallest absolute Gasteiger partial charge is 0.153 e. The molecular formula is C19H20O3. The lowest BCUT2D eigenvalue weighted by molar-refractivity contribution is 0.112.